The number of rotatable bonds is 0. The van der Waals surface area contributed by atoms with Crippen molar-refractivity contribution in [3.8, 4) is 0 Å². The Balaban J connectivity index is 0. The molecule has 0 saturated carbocycles. The van der Waals surface area contributed by atoms with Gasteiger partial charge in [0.2, 0.25) is 0 Å². The third kappa shape index (κ3) is 8.98. The fraction of sp³-hybridized carbons (Fsp3) is 0. The Hall–Kier alpha value is 0.0287. The van der Waals surface area contributed by atoms with E-state index in [0.717, 1.165) is 5.48 Å². The molecule has 1 amide bonds. The minimum atomic E-state index is -1.44. The first-order chi connectivity index (χ1) is 2.27. The fourth-order valence-electron chi connectivity index (χ4n) is 0. The molecule has 0 bridgehead atoms. The molecule has 5 heteroatoms. The second kappa shape index (κ2) is 5.03. The van der Waals surface area contributed by atoms with Crippen LogP contribution in [0.15, 0.2) is 0 Å². The van der Waals surface area contributed by atoms with Gasteiger partial charge in [-0.15, -0.1) is 0 Å². The van der Waals surface area contributed by atoms with Crippen LogP contribution < -0.4 is 5.48 Å². The summed E-state index contributed by atoms with van der Waals surface area (Å²) in [6.07, 6.45) is -1.44. The van der Waals surface area contributed by atoms with Crippen LogP contribution in [0.25, 0.3) is 0 Å². The predicted octanol–water partition coefficient (Wildman–Crippen LogP) is -1.27. The summed E-state index contributed by atoms with van der Waals surface area (Å²) < 4.78 is 0. The van der Waals surface area contributed by atoms with Gasteiger partial charge in [0.15, 0.2) is 0 Å². The second-order valence-electron chi connectivity index (χ2n) is 0.417. The first-order valence-corrected chi connectivity index (χ1v) is 0.901. The topological polar surface area (TPSA) is 69.6 Å². The maximum atomic E-state index is 9.01. The van der Waals surface area contributed by atoms with Gasteiger partial charge >= 0.3 is 30.0 Å². The van der Waals surface area contributed by atoms with E-state index in [9.17, 15) is 0 Å². The van der Waals surface area contributed by atoms with Crippen LogP contribution in [0.4, 0.5) is 4.79 Å². The van der Waals surface area contributed by atoms with Gasteiger partial charge in [-0.3, -0.25) is 5.21 Å². The molecule has 0 rings (SSSR count). The van der Waals surface area contributed by atoms with Gasteiger partial charge in [-0.1, -0.05) is 0 Å². The summed E-state index contributed by atoms with van der Waals surface area (Å²) >= 11 is 0. The van der Waals surface area contributed by atoms with E-state index in [1.54, 1.807) is 0 Å². The average Bonchev–Trinajstić information content (AvgIpc) is 1.38. The molecular weight excluding hydrogens is 193 g/mol. The van der Waals surface area contributed by atoms with E-state index in [1.165, 1.54) is 0 Å². The second-order valence-corrected chi connectivity index (χ2v) is 0.417. The van der Waals surface area contributed by atoms with Gasteiger partial charge in [-0.2, -0.15) is 0 Å². The molecule has 0 aromatic carbocycles. The molecule has 0 aromatic heterocycles. The van der Waals surface area contributed by atoms with Crippen LogP contribution in [0.2, 0.25) is 0 Å². The molecule has 0 aromatic rings. The van der Waals surface area contributed by atoms with Gasteiger partial charge in [-0.25, -0.2) is 10.3 Å². The van der Waals surface area contributed by atoms with Crippen molar-refractivity contribution in [1.82, 2.24) is 5.48 Å². The Morgan fingerprint density at radius 1 is 1.67 bits per heavy atom. The van der Waals surface area contributed by atoms with Crippen LogP contribution >= 0.6 is 0 Å². The molecule has 0 aliphatic rings. The molecule has 0 fully saturated rings. The monoisotopic (exact) mass is 199 g/mol. The average molecular weight is 198 g/mol. The van der Waals surface area contributed by atoms with E-state index >= 15 is 0 Å². The summed E-state index contributed by atoms with van der Waals surface area (Å²) in [7, 11) is 0. The molecule has 0 spiro atoms. The van der Waals surface area contributed by atoms with Crippen LogP contribution in [0.5, 0.6) is 0 Å². The van der Waals surface area contributed by atoms with E-state index in [0.29, 0.717) is 0 Å². The molecule has 0 saturated heterocycles. The summed E-state index contributed by atoms with van der Waals surface area (Å²) in [6, 6.07) is 0. The summed E-state index contributed by atoms with van der Waals surface area (Å²) in [5.74, 6) is 0. The standard InChI is InChI=1S/CH3NO3.Sn.2H/c3-1(4)2-5;;;/h2,5H,(H,3,4);;;. The summed E-state index contributed by atoms with van der Waals surface area (Å²) in [5, 5.41) is 14.7. The van der Waals surface area contributed by atoms with Crippen molar-refractivity contribution in [2.24, 2.45) is 0 Å². The SMILES string of the molecule is O=C(O)NO.[SnH2]. The molecule has 3 N–H and O–H groups in total. The first kappa shape index (κ1) is 9.39. The van der Waals surface area contributed by atoms with Crippen molar-refractivity contribution in [3.63, 3.8) is 0 Å². The molecule has 6 heavy (non-hydrogen) atoms. The Kier molecular flexibility index (Phi) is 7.87. The van der Waals surface area contributed by atoms with Crippen LogP contribution in [-0.4, -0.2) is 40.3 Å². The number of carbonyl (C=O) groups is 1. The Morgan fingerprint density at radius 2 is 1.83 bits per heavy atom. The summed E-state index contributed by atoms with van der Waals surface area (Å²) in [4.78, 5) is 9.01. The van der Waals surface area contributed by atoms with E-state index in [1.807, 2.05) is 0 Å². The number of hydrogen-bond donors (Lipinski definition) is 3. The predicted molar refractivity (Wildman–Crippen MR) is 21.5 cm³/mol. The molecule has 2 radical (unpaired) electrons. The van der Waals surface area contributed by atoms with Crippen LogP contribution in [0.3, 0.4) is 0 Å². The van der Waals surface area contributed by atoms with Crippen molar-refractivity contribution in [3.05, 3.63) is 0 Å². The van der Waals surface area contributed by atoms with Gasteiger partial charge in [0.05, 0.1) is 0 Å². The Morgan fingerprint density at radius 3 is 1.83 bits per heavy atom. The normalized spacial score (nSPS) is 5.50. The first-order valence-electron chi connectivity index (χ1n) is 0.901. The molecular formula is CH5NO3Sn. The van der Waals surface area contributed by atoms with Crippen molar-refractivity contribution in [1.29, 1.82) is 0 Å². The van der Waals surface area contributed by atoms with Gasteiger partial charge in [0, 0.05) is 0 Å². The molecule has 4 nitrogen and oxygen atoms in total. The Labute approximate surface area is 51.1 Å². The molecule has 0 heterocycles. The zero-order chi connectivity index (χ0) is 4.28. The quantitative estimate of drug-likeness (QED) is 0.258. The zero-order valence-corrected chi connectivity index (χ0v) is 7.05. The number of hydrogen-bond acceptors (Lipinski definition) is 2. The van der Waals surface area contributed by atoms with E-state index < -0.39 is 6.09 Å². The van der Waals surface area contributed by atoms with E-state index in [-0.39, 0.29) is 23.9 Å². The third-order valence-corrected chi connectivity index (χ3v) is 0.0956. The van der Waals surface area contributed by atoms with Crippen molar-refractivity contribution < 1.29 is 15.1 Å². The van der Waals surface area contributed by atoms with Crippen molar-refractivity contribution >= 4 is 30.0 Å². The molecule has 0 unspecified atom stereocenters. The maximum absolute atomic E-state index is 9.01. The molecule has 0 atom stereocenters. The number of nitrogens with one attached hydrogen (secondary N) is 1. The van der Waals surface area contributed by atoms with Crippen molar-refractivity contribution in [2.75, 3.05) is 0 Å². The minimum absolute atomic E-state index is 0. The van der Waals surface area contributed by atoms with Crippen molar-refractivity contribution in [2.45, 2.75) is 0 Å². The third-order valence-electron chi connectivity index (χ3n) is 0.0956. The zero-order valence-electron chi connectivity index (χ0n) is 3.01. The van der Waals surface area contributed by atoms with Gasteiger partial charge in [-0.05, 0) is 0 Å². The van der Waals surface area contributed by atoms with Crippen LogP contribution in [0, 0.1) is 0 Å². The van der Waals surface area contributed by atoms with Gasteiger partial charge in [0.25, 0.3) is 0 Å². The molecule has 36 valence electrons. The molecule has 0 aliphatic heterocycles. The summed E-state index contributed by atoms with van der Waals surface area (Å²) in [6.45, 7) is 0. The number of carboxylic acid groups (broad SMARTS) is 1. The number of hydroxylamine groups is 1. The van der Waals surface area contributed by atoms with E-state index in [2.05, 4.69) is 0 Å². The van der Waals surface area contributed by atoms with Crippen LogP contribution in [0.1, 0.15) is 0 Å². The fourth-order valence-corrected chi connectivity index (χ4v) is 0. The number of amides is 1. The van der Waals surface area contributed by atoms with E-state index in [4.69, 9.17) is 15.1 Å². The molecule has 0 aliphatic carbocycles. The van der Waals surface area contributed by atoms with Gasteiger partial charge < -0.3 is 5.11 Å². The Bertz CT molecular complexity index is 46.1. The van der Waals surface area contributed by atoms with Crippen LogP contribution in [-0.2, 0) is 0 Å². The summed E-state index contributed by atoms with van der Waals surface area (Å²) in [5.41, 5.74) is 0.944. The van der Waals surface area contributed by atoms with Gasteiger partial charge in [0.1, 0.15) is 0 Å².